The Bertz CT molecular complexity index is 380. The largest absolute Gasteiger partial charge is 0.465 e. The van der Waals surface area contributed by atoms with Crippen LogP contribution in [0.1, 0.15) is 5.76 Å². The van der Waals surface area contributed by atoms with Gasteiger partial charge in [0.2, 0.25) is 0 Å². The zero-order valence-electron chi connectivity index (χ0n) is 6.44. The molecule has 1 N–H and O–H groups in total. The molecule has 2 heterocycles. The predicted molar refractivity (Wildman–Crippen MR) is 47.8 cm³/mol. The summed E-state index contributed by atoms with van der Waals surface area (Å²) in [5.74, 6) is 0.193. The van der Waals surface area contributed by atoms with Gasteiger partial charge in [0.05, 0.1) is 11.2 Å². The summed E-state index contributed by atoms with van der Waals surface area (Å²) in [6.07, 6.45) is 3.04. The lowest BCUT2D eigenvalue weighted by Gasteiger charge is -1.87. The van der Waals surface area contributed by atoms with Gasteiger partial charge in [-0.05, 0) is 23.9 Å². The highest BCUT2D eigenvalue weighted by Gasteiger charge is 2.25. The lowest BCUT2D eigenvalue weighted by Crippen LogP contribution is -2.17. The van der Waals surface area contributed by atoms with Crippen LogP contribution in [0.25, 0.3) is 6.08 Å². The lowest BCUT2D eigenvalue weighted by molar-refractivity contribution is -0.115. The Morgan fingerprint density at radius 1 is 1.46 bits per heavy atom. The van der Waals surface area contributed by atoms with Crippen LogP contribution in [0.5, 0.6) is 0 Å². The number of imide groups is 1. The van der Waals surface area contributed by atoms with Crippen molar-refractivity contribution >= 4 is 29.0 Å². The van der Waals surface area contributed by atoms with Crippen LogP contribution in [0.2, 0.25) is 0 Å². The molecule has 5 heteroatoms. The number of rotatable bonds is 1. The molecule has 0 atom stereocenters. The maximum absolute atomic E-state index is 11.0. The molecule has 0 saturated carbocycles. The van der Waals surface area contributed by atoms with Gasteiger partial charge in [0.1, 0.15) is 5.76 Å². The van der Waals surface area contributed by atoms with E-state index in [0.717, 1.165) is 11.8 Å². The van der Waals surface area contributed by atoms with Crippen molar-refractivity contribution in [2.45, 2.75) is 0 Å². The highest BCUT2D eigenvalue weighted by atomic mass is 32.2. The van der Waals surface area contributed by atoms with Gasteiger partial charge in [-0.2, -0.15) is 0 Å². The molecule has 1 aromatic rings. The first kappa shape index (κ1) is 8.12. The summed E-state index contributed by atoms with van der Waals surface area (Å²) in [6, 6.07) is 3.43. The maximum atomic E-state index is 11.0. The minimum absolute atomic E-state index is 0.345. The Balaban J connectivity index is 2.27. The summed E-state index contributed by atoms with van der Waals surface area (Å²) in [5.41, 5.74) is 0. The first-order valence-corrected chi connectivity index (χ1v) is 4.36. The molecule has 1 aromatic heterocycles. The number of furan rings is 1. The molecule has 0 unspecified atom stereocenters. The third-order valence-corrected chi connectivity index (χ3v) is 2.27. The van der Waals surface area contributed by atoms with Gasteiger partial charge in [-0.1, -0.05) is 0 Å². The summed E-state index contributed by atoms with van der Waals surface area (Å²) in [5, 5.41) is 1.81. The molecule has 1 saturated heterocycles. The molecule has 13 heavy (non-hydrogen) atoms. The highest BCUT2D eigenvalue weighted by Crippen LogP contribution is 2.25. The zero-order chi connectivity index (χ0) is 9.26. The van der Waals surface area contributed by atoms with Crippen molar-refractivity contribution < 1.29 is 14.0 Å². The second kappa shape index (κ2) is 3.10. The normalized spacial score (nSPS) is 19.5. The third-order valence-electron chi connectivity index (χ3n) is 1.46. The van der Waals surface area contributed by atoms with Crippen molar-refractivity contribution in [3.8, 4) is 0 Å². The summed E-state index contributed by atoms with van der Waals surface area (Å²) >= 11 is 0.873. The van der Waals surface area contributed by atoms with Crippen LogP contribution < -0.4 is 5.32 Å². The van der Waals surface area contributed by atoms with Gasteiger partial charge >= 0.3 is 0 Å². The minimum Gasteiger partial charge on any atom is -0.465 e. The fourth-order valence-electron chi connectivity index (χ4n) is 0.924. The lowest BCUT2D eigenvalue weighted by atomic mass is 10.4. The average Bonchev–Trinajstić information content (AvgIpc) is 2.63. The second-order valence-electron chi connectivity index (χ2n) is 2.37. The first-order chi connectivity index (χ1) is 6.25. The number of hydrogen-bond acceptors (Lipinski definition) is 4. The van der Waals surface area contributed by atoms with Gasteiger partial charge in [0, 0.05) is 6.08 Å². The van der Waals surface area contributed by atoms with E-state index in [1.165, 1.54) is 12.3 Å². The number of hydrogen-bond donors (Lipinski definition) is 1. The third kappa shape index (κ3) is 1.65. The summed E-state index contributed by atoms with van der Waals surface area (Å²) in [6.45, 7) is 0. The van der Waals surface area contributed by atoms with Crippen LogP contribution in [-0.4, -0.2) is 11.1 Å². The van der Waals surface area contributed by atoms with Crippen LogP contribution >= 0.6 is 11.8 Å². The second-order valence-corrected chi connectivity index (χ2v) is 3.38. The SMILES string of the molecule is O=C1NC(=O)/C(=C/c2ccco2)S1. The molecule has 66 valence electrons. The molecule has 0 radical (unpaired) electrons. The van der Waals surface area contributed by atoms with Crippen LogP contribution in [0.3, 0.4) is 0 Å². The van der Waals surface area contributed by atoms with E-state index in [2.05, 4.69) is 5.32 Å². The molecule has 2 amide bonds. The Hall–Kier alpha value is -1.49. The van der Waals surface area contributed by atoms with E-state index >= 15 is 0 Å². The summed E-state index contributed by atoms with van der Waals surface area (Å²) < 4.78 is 5.00. The van der Waals surface area contributed by atoms with E-state index in [9.17, 15) is 9.59 Å². The summed E-state index contributed by atoms with van der Waals surface area (Å²) in [4.78, 5) is 22.2. The van der Waals surface area contributed by atoms with Crippen LogP contribution in [-0.2, 0) is 4.79 Å². The number of nitrogens with one attached hydrogen (secondary N) is 1. The van der Waals surface area contributed by atoms with Gasteiger partial charge in [-0.15, -0.1) is 0 Å². The smallest absolute Gasteiger partial charge is 0.290 e. The van der Waals surface area contributed by atoms with Crippen LogP contribution in [0.15, 0.2) is 27.7 Å². The van der Waals surface area contributed by atoms with E-state index in [1.54, 1.807) is 12.1 Å². The molecule has 1 aliphatic rings. The summed E-state index contributed by atoms with van der Waals surface area (Å²) in [7, 11) is 0. The van der Waals surface area contributed by atoms with Crippen LogP contribution in [0, 0.1) is 0 Å². The van der Waals surface area contributed by atoms with Crippen LogP contribution in [0.4, 0.5) is 4.79 Å². The van der Waals surface area contributed by atoms with Gasteiger partial charge < -0.3 is 4.42 Å². The molecular formula is C8H5NO3S. The molecule has 0 aliphatic carbocycles. The topological polar surface area (TPSA) is 59.3 Å². The Morgan fingerprint density at radius 3 is 2.85 bits per heavy atom. The van der Waals surface area contributed by atoms with Crippen molar-refractivity contribution in [1.29, 1.82) is 0 Å². The first-order valence-electron chi connectivity index (χ1n) is 3.54. The Labute approximate surface area is 78.0 Å². The standard InChI is InChI=1S/C8H5NO3S/c10-7-6(13-8(11)9-7)4-5-2-1-3-12-5/h1-4H,(H,9,10,11)/b6-4-. The van der Waals surface area contributed by atoms with E-state index in [4.69, 9.17) is 4.42 Å². The van der Waals surface area contributed by atoms with E-state index in [0.29, 0.717) is 10.7 Å². The zero-order valence-corrected chi connectivity index (χ0v) is 7.26. The van der Waals surface area contributed by atoms with E-state index < -0.39 is 0 Å². The quantitative estimate of drug-likeness (QED) is 0.691. The van der Waals surface area contributed by atoms with Crippen molar-refractivity contribution in [1.82, 2.24) is 5.32 Å². The molecule has 4 nitrogen and oxygen atoms in total. The molecule has 1 aliphatic heterocycles. The molecule has 1 fully saturated rings. The number of thioether (sulfide) groups is 1. The van der Waals surface area contributed by atoms with E-state index in [-0.39, 0.29) is 11.1 Å². The molecule has 0 spiro atoms. The van der Waals surface area contributed by atoms with Gasteiger partial charge in [0.25, 0.3) is 11.1 Å². The Morgan fingerprint density at radius 2 is 2.31 bits per heavy atom. The number of carbonyl (C=O) groups is 2. The molecule has 2 rings (SSSR count). The van der Waals surface area contributed by atoms with E-state index in [1.807, 2.05) is 0 Å². The molecular weight excluding hydrogens is 190 g/mol. The number of amides is 2. The predicted octanol–water partition coefficient (Wildman–Crippen LogP) is 1.60. The average molecular weight is 195 g/mol. The minimum atomic E-state index is -0.369. The van der Waals surface area contributed by atoms with Gasteiger partial charge in [-0.25, -0.2) is 0 Å². The van der Waals surface area contributed by atoms with Gasteiger partial charge in [-0.3, -0.25) is 14.9 Å². The maximum Gasteiger partial charge on any atom is 0.290 e. The monoisotopic (exact) mass is 195 g/mol. The highest BCUT2D eigenvalue weighted by molar-refractivity contribution is 8.18. The van der Waals surface area contributed by atoms with Crippen molar-refractivity contribution in [2.75, 3.05) is 0 Å². The molecule has 0 aromatic carbocycles. The Kier molecular flexibility index (Phi) is 1.94. The van der Waals surface area contributed by atoms with Gasteiger partial charge in [0.15, 0.2) is 0 Å². The van der Waals surface area contributed by atoms with Crippen molar-refractivity contribution in [3.63, 3.8) is 0 Å². The number of carbonyl (C=O) groups excluding carboxylic acids is 2. The molecule has 0 bridgehead atoms. The van der Waals surface area contributed by atoms with Crippen molar-refractivity contribution in [3.05, 3.63) is 29.1 Å². The van der Waals surface area contributed by atoms with Crippen molar-refractivity contribution in [2.24, 2.45) is 0 Å². The fraction of sp³-hybridized carbons (Fsp3) is 0. The fourth-order valence-corrected chi connectivity index (χ4v) is 1.59.